The Labute approximate surface area is 191 Å². The lowest BCUT2D eigenvalue weighted by molar-refractivity contribution is 0.0944. The number of nitrogens with zero attached hydrogens (tertiary/aromatic N) is 2. The van der Waals surface area contributed by atoms with Crippen LogP contribution in [-0.2, 0) is 4.74 Å². The van der Waals surface area contributed by atoms with Gasteiger partial charge in [0.15, 0.2) is 0 Å². The molecule has 0 bridgehead atoms. The zero-order valence-electron chi connectivity index (χ0n) is 18.0. The average molecular weight is 463 g/mol. The fourth-order valence-electron chi connectivity index (χ4n) is 4.33. The second-order valence-electron chi connectivity index (χ2n) is 8.08. The largest absolute Gasteiger partial charge is 0.385 e. The van der Waals surface area contributed by atoms with E-state index in [4.69, 9.17) is 4.74 Å². The minimum Gasteiger partial charge on any atom is -0.385 e. The number of hydrogen-bond donors (Lipinski definition) is 2. The van der Waals surface area contributed by atoms with E-state index in [1.165, 1.54) is 0 Å². The molecule has 2 fully saturated rings. The number of hydrogen-bond acceptors (Lipinski definition) is 5. The quantitative estimate of drug-likeness (QED) is 0.577. The highest BCUT2D eigenvalue weighted by atomic mass is 35.5. The number of ether oxygens (including phenoxy) is 1. The molecule has 2 aliphatic rings. The number of methoxy groups -OCH3 is 1. The van der Waals surface area contributed by atoms with Gasteiger partial charge in [0, 0.05) is 45.6 Å². The zero-order valence-corrected chi connectivity index (χ0v) is 19.7. The van der Waals surface area contributed by atoms with Crippen LogP contribution in [0, 0.1) is 12.8 Å². The Hall–Kier alpha value is -1.12. The number of carbonyl (C=O) groups excluding carboxylic acids is 1. The van der Waals surface area contributed by atoms with Crippen molar-refractivity contribution in [2.24, 2.45) is 5.92 Å². The number of nitrogens with one attached hydrogen (secondary N) is 2. The fourth-order valence-corrected chi connectivity index (χ4v) is 4.33. The van der Waals surface area contributed by atoms with E-state index in [9.17, 15) is 9.59 Å². The van der Waals surface area contributed by atoms with Gasteiger partial charge in [-0.1, -0.05) is 0 Å². The van der Waals surface area contributed by atoms with E-state index < -0.39 is 0 Å². The van der Waals surface area contributed by atoms with Crippen molar-refractivity contribution in [2.75, 3.05) is 53.0 Å². The maximum Gasteiger partial charge on any atom is 0.263 e. The SMILES string of the molecule is COCCCN1CCC(CNC(=O)c2c(C)ccn(C3CCNCC3)c2=O)C1.Cl.Cl. The summed E-state index contributed by atoms with van der Waals surface area (Å²) >= 11 is 0. The topological polar surface area (TPSA) is 75.6 Å². The molecule has 1 aromatic heterocycles. The van der Waals surface area contributed by atoms with Crippen LogP contribution in [0.15, 0.2) is 17.1 Å². The van der Waals surface area contributed by atoms with E-state index in [0.717, 1.165) is 70.6 Å². The third kappa shape index (κ3) is 6.95. The number of rotatable bonds is 8. The van der Waals surface area contributed by atoms with Crippen molar-refractivity contribution in [3.63, 3.8) is 0 Å². The lowest BCUT2D eigenvalue weighted by Gasteiger charge is -2.25. The highest BCUT2D eigenvalue weighted by Crippen LogP contribution is 2.18. The van der Waals surface area contributed by atoms with Crippen LogP contribution in [0.2, 0.25) is 0 Å². The van der Waals surface area contributed by atoms with Crippen LogP contribution in [0.4, 0.5) is 0 Å². The van der Waals surface area contributed by atoms with Crippen molar-refractivity contribution in [2.45, 2.75) is 38.6 Å². The van der Waals surface area contributed by atoms with Gasteiger partial charge in [-0.25, -0.2) is 0 Å². The third-order valence-corrected chi connectivity index (χ3v) is 6.00. The van der Waals surface area contributed by atoms with Crippen molar-refractivity contribution < 1.29 is 9.53 Å². The van der Waals surface area contributed by atoms with E-state index in [0.29, 0.717) is 18.0 Å². The Bertz CT molecular complexity index is 723. The van der Waals surface area contributed by atoms with E-state index in [1.54, 1.807) is 11.7 Å². The smallest absolute Gasteiger partial charge is 0.263 e. The lowest BCUT2D eigenvalue weighted by atomic mass is 10.0. The minimum atomic E-state index is -0.233. The van der Waals surface area contributed by atoms with E-state index >= 15 is 0 Å². The molecular weight excluding hydrogens is 427 g/mol. The van der Waals surface area contributed by atoms with E-state index in [-0.39, 0.29) is 42.3 Å². The van der Waals surface area contributed by atoms with Crippen LogP contribution in [0.25, 0.3) is 0 Å². The number of aromatic nitrogens is 1. The van der Waals surface area contributed by atoms with Crippen LogP contribution in [0.3, 0.4) is 0 Å². The van der Waals surface area contributed by atoms with Crippen LogP contribution in [0.5, 0.6) is 0 Å². The Morgan fingerprint density at radius 3 is 2.70 bits per heavy atom. The van der Waals surface area contributed by atoms with Gasteiger partial charge < -0.3 is 24.8 Å². The Kier molecular flexibility index (Phi) is 12.0. The van der Waals surface area contributed by atoms with Gasteiger partial charge >= 0.3 is 0 Å². The summed E-state index contributed by atoms with van der Waals surface area (Å²) in [6, 6.07) is 2.07. The van der Waals surface area contributed by atoms with Gasteiger partial charge in [0.2, 0.25) is 0 Å². The molecule has 2 aliphatic heterocycles. The first kappa shape index (κ1) is 26.9. The minimum absolute atomic E-state index is 0. The van der Waals surface area contributed by atoms with Gasteiger partial charge in [-0.15, -0.1) is 24.8 Å². The number of likely N-dealkylation sites (tertiary alicyclic amines) is 1. The molecule has 2 saturated heterocycles. The molecule has 9 heteroatoms. The summed E-state index contributed by atoms with van der Waals surface area (Å²) in [7, 11) is 1.73. The normalized spacial score (nSPS) is 19.7. The molecule has 1 atom stereocenters. The second kappa shape index (κ2) is 13.3. The Morgan fingerprint density at radius 1 is 1.27 bits per heavy atom. The number of amides is 1. The molecule has 0 aliphatic carbocycles. The summed E-state index contributed by atoms with van der Waals surface area (Å²) in [5, 5.41) is 6.34. The zero-order chi connectivity index (χ0) is 19.9. The molecule has 1 amide bonds. The molecule has 172 valence electrons. The van der Waals surface area contributed by atoms with Crippen molar-refractivity contribution >= 4 is 30.7 Å². The van der Waals surface area contributed by atoms with Crippen molar-refractivity contribution in [1.29, 1.82) is 0 Å². The van der Waals surface area contributed by atoms with Gasteiger partial charge in [-0.2, -0.15) is 0 Å². The standard InChI is InChI=1S/C21H34N4O3.2ClH/c1-16-6-12-25(18-4-8-22-9-5-18)21(27)19(16)20(26)23-14-17-7-11-24(15-17)10-3-13-28-2;;/h6,12,17-18,22H,3-5,7-11,13-15H2,1-2H3,(H,23,26);2*1H. The maximum atomic E-state index is 13.0. The lowest BCUT2D eigenvalue weighted by Crippen LogP contribution is -2.39. The van der Waals surface area contributed by atoms with E-state index in [1.807, 2.05) is 19.2 Å². The molecule has 30 heavy (non-hydrogen) atoms. The van der Waals surface area contributed by atoms with Crippen molar-refractivity contribution in [3.8, 4) is 0 Å². The third-order valence-electron chi connectivity index (χ3n) is 6.00. The average Bonchev–Trinajstić information content (AvgIpc) is 3.15. The van der Waals surface area contributed by atoms with Gasteiger partial charge in [0.1, 0.15) is 5.56 Å². The van der Waals surface area contributed by atoms with Gasteiger partial charge in [0.25, 0.3) is 11.5 Å². The van der Waals surface area contributed by atoms with Gasteiger partial charge in [-0.05, 0) is 69.8 Å². The predicted molar refractivity (Wildman–Crippen MR) is 124 cm³/mol. The number of halogens is 2. The summed E-state index contributed by atoms with van der Waals surface area (Å²) in [5.74, 6) is 0.214. The number of carbonyl (C=O) groups is 1. The Morgan fingerprint density at radius 2 is 2.00 bits per heavy atom. The summed E-state index contributed by atoms with van der Waals surface area (Å²) in [4.78, 5) is 28.2. The summed E-state index contributed by atoms with van der Waals surface area (Å²) in [5.41, 5.74) is 0.897. The summed E-state index contributed by atoms with van der Waals surface area (Å²) in [6.07, 6.45) is 5.81. The monoisotopic (exact) mass is 462 g/mol. The fraction of sp³-hybridized carbons (Fsp3) is 0.714. The molecule has 7 nitrogen and oxygen atoms in total. The first-order valence-corrected chi connectivity index (χ1v) is 10.5. The molecule has 3 heterocycles. The molecule has 0 spiro atoms. The molecule has 1 aromatic rings. The van der Waals surface area contributed by atoms with Crippen LogP contribution < -0.4 is 16.2 Å². The number of aryl methyl sites for hydroxylation is 1. The Balaban J connectivity index is 0.00000225. The molecular formula is C21H36Cl2N4O3. The van der Waals surface area contributed by atoms with Crippen LogP contribution in [0.1, 0.15) is 47.6 Å². The molecule has 0 saturated carbocycles. The summed E-state index contributed by atoms with van der Waals surface area (Å²) < 4.78 is 6.87. The van der Waals surface area contributed by atoms with Crippen molar-refractivity contribution in [3.05, 3.63) is 33.7 Å². The van der Waals surface area contributed by atoms with E-state index in [2.05, 4.69) is 15.5 Å². The highest BCUT2D eigenvalue weighted by molar-refractivity contribution is 5.95. The number of pyridine rings is 1. The summed E-state index contributed by atoms with van der Waals surface area (Å²) in [6.45, 7) is 8.18. The van der Waals surface area contributed by atoms with Crippen LogP contribution >= 0.6 is 24.8 Å². The molecule has 0 aromatic carbocycles. The van der Waals surface area contributed by atoms with Gasteiger partial charge in [-0.3, -0.25) is 9.59 Å². The van der Waals surface area contributed by atoms with Crippen molar-refractivity contribution in [1.82, 2.24) is 20.1 Å². The maximum absolute atomic E-state index is 13.0. The number of piperidine rings is 1. The molecule has 1 unspecified atom stereocenters. The molecule has 2 N–H and O–H groups in total. The first-order chi connectivity index (χ1) is 13.6. The molecule has 3 rings (SSSR count). The van der Waals surface area contributed by atoms with Gasteiger partial charge in [0.05, 0.1) is 0 Å². The molecule has 0 radical (unpaired) electrons. The second-order valence-corrected chi connectivity index (χ2v) is 8.08. The first-order valence-electron chi connectivity index (χ1n) is 10.5. The predicted octanol–water partition coefficient (Wildman–Crippen LogP) is 2.01. The van der Waals surface area contributed by atoms with Crippen LogP contribution in [-0.4, -0.2) is 68.4 Å². The highest BCUT2D eigenvalue weighted by Gasteiger charge is 2.25.